The molecule has 3 rings (SSSR count). The predicted molar refractivity (Wildman–Crippen MR) is 88.7 cm³/mol. The molecule has 24 heavy (non-hydrogen) atoms. The number of aromatic nitrogens is 2. The fourth-order valence-corrected chi connectivity index (χ4v) is 2.85. The third-order valence-electron chi connectivity index (χ3n) is 3.82. The second kappa shape index (κ2) is 5.98. The maximum atomic E-state index is 12.8. The normalized spacial score (nSPS) is 10.9. The van der Waals surface area contributed by atoms with Crippen LogP contribution in [-0.2, 0) is 11.2 Å². The van der Waals surface area contributed by atoms with E-state index in [1.807, 2.05) is 0 Å². The molecule has 0 radical (unpaired) electrons. The van der Waals surface area contributed by atoms with Crippen molar-refractivity contribution in [2.45, 2.75) is 13.3 Å². The standard InChI is InChI=1S/C17H13ClN2O4/c1-9-12(7-16(22)23)13-6-11(21)3-4-14(13)20(9)17(24)10-2-5-15(18)19-8-10/h2-6,8,21H,7H2,1H3,(H,22,23). The van der Waals surface area contributed by atoms with E-state index >= 15 is 0 Å². The van der Waals surface area contributed by atoms with Gasteiger partial charge in [0, 0.05) is 17.3 Å². The minimum Gasteiger partial charge on any atom is -0.508 e. The van der Waals surface area contributed by atoms with Crippen LogP contribution in [0.3, 0.4) is 0 Å². The zero-order valence-electron chi connectivity index (χ0n) is 12.7. The Labute approximate surface area is 141 Å². The van der Waals surface area contributed by atoms with Crippen molar-refractivity contribution < 1.29 is 19.8 Å². The molecule has 6 nitrogen and oxygen atoms in total. The Bertz CT molecular complexity index is 961. The number of aliphatic carboxylic acids is 1. The third-order valence-corrected chi connectivity index (χ3v) is 4.05. The minimum absolute atomic E-state index is 0.00639. The van der Waals surface area contributed by atoms with Crippen molar-refractivity contribution in [3.63, 3.8) is 0 Å². The average molecular weight is 345 g/mol. The maximum absolute atomic E-state index is 12.8. The number of aromatic hydroxyl groups is 1. The number of nitrogens with zero attached hydrogens (tertiary/aromatic N) is 2. The zero-order chi connectivity index (χ0) is 17.4. The van der Waals surface area contributed by atoms with Crippen LogP contribution in [0, 0.1) is 6.92 Å². The maximum Gasteiger partial charge on any atom is 0.307 e. The van der Waals surface area contributed by atoms with E-state index in [1.165, 1.54) is 29.0 Å². The number of hydrogen-bond acceptors (Lipinski definition) is 4. The van der Waals surface area contributed by atoms with Crippen LogP contribution < -0.4 is 0 Å². The molecule has 2 N–H and O–H groups in total. The number of pyridine rings is 1. The molecular weight excluding hydrogens is 332 g/mol. The molecule has 2 heterocycles. The van der Waals surface area contributed by atoms with Gasteiger partial charge in [-0.05, 0) is 42.8 Å². The fourth-order valence-electron chi connectivity index (χ4n) is 2.74. The molecule has 0 atom stereocenters. The van der Waals surface area contributed by atoms with Crippen molar-refractivity contribution in [3.05, 3.63) is 58.5 Å². The van der Waals surface area contributed by atoms with Gasteiger partial charge in [-0.25, -0.2) is 4.98 Å². The molecule has 0 aliphatic heterocycles. The summed E-state index contributed by atoms with van der Waals surface area (Å²) in [6, 6.07) is 7.57. The summed E-state index contributed by atoms with van der Waals surface area (Å²) in [5.74, 6) is -1.35. The molecule has 2 aromatic heterocycles. The topological polar surface area (TPSA) is 92.4 Å². The molecule has 1 aromatic carbocycles. The van der Waals surface area contributed by atoms with Crippen LogP contribution in [0.15, 0.2) is 36.5 Å². The van der Waals surface area contributed by atoms with Crippen molar-refractivity contribution in [2.75, 3.05) is 0 Å². The smallest absolute Gasteiger partial charge is 0.307 e. The number of halogens is 1. The Kier molecular flexibility index (Phi) is 3.99. The number of carboxylic acids is 1. The number of hydrogen-bond donors (Lipinski definition) is 2. The highest BCUT2D eigenvalue weighted by molar-refractivity contribution is 6.29. The van der Waals surface area contributed by atoms with Gasteiger partial charge in [0.05, 0.1) is 17.5 Å². The average Bonchev–Trinajstić information content (AvgIpc) is 2.79. The highest BCUT2D eigenvalue weighted by Crippen LogP contribution is 2.30. The first-order chi connectivity index (χ1) is 11.4. The van der Waals surface area contributed by atoms with Gasteiger partial charge in [0.15, 0.2) is 0 Å². The van der Waals surface area contributed by atoms with Crippen LogP contribution in [0.1, 0.15) is 21.6 Å². The lowest BCUT2D eigenvalue weighted by Gasteiger charge is -2.07. The first-order valence-electron chi connectivity index (χ1n) is 7.09. The molecule has 0 amide bonds. The van der Waals surface area contributed by atoms with Crippen molar-refractivity contribution in [1.29, 1.82) is 0 Å². The van der Waals surface area contributed by atoms with Gasteiger partial charge < -0.3 is 10.2 Å². The van der Waals surface area contributed by atoms with Gasteiger partial charge in [-0.2, -0.15) is 0 Å². The lowest BCUT2D eigenvalue weighted by Crippen LogP contribution is -2.14. The number of benzene rings is 1. The molecule has 3 aromatic rings. The number of fused-ring (bicyclic) bond motifs is 1. The number of phenols is 1. The summed E-state index contributed by atoms with van der Waals surface area (Å²) in [5.41, 5.74) is 1.86. The minimum atomic E-state index is -1.01. The van der Waals surface area contributed by atoms with Gasteiger partial charge in [0.1, 0.15) is 10.9 Å². The number of carbonyl (C=O) groups is 2. The van der Waals surface area contributed by atoms with Crippen LogP contribution in [0.4, 0.5) is 0 Å². The van der Waals surface area contributed by atoms with Gasteiger partial charge in [0.25, 0.3) is 5.91 Å². The van der Waals surface area contributed by atoms with Gasteiger partial charge in [-0.3, -0.25) is 14.2 Å². The lowest BCUT2D eigenvalue weighted by atomic mass is 10.1. The van der Waals surface area contributed by atoms with Crippen molar-refractivity contribution in [2.24, 2.45) is 0 Å². The molecule has 0 unspecified atom stereocenters. The Balaban J connectivity index is 2.24. The van der Waals surface area contributed by atoms with E-state index < -0.39 is 5.97 Å². The van der Waals surface area contributed by atoms with Crippen LogP contribution in [0.25, 0.3) is 10.9 Å². The summed E-state index contributed by atoms with van der Waals surface area (Å²) in [4.78, 5) is 27.9. The van der Waals surface area contributed by atoms with Crippen molar-refractivity contribution in [1.82, 2.24) is 9.55 Å². The van der Waals surface area contributed by atoms with Gasteiger partial charge in [-0.1, -0.05) is 11.6 Å². The van der Waals surface area contributed by atoms with Gasteiger partial charge in [0.2, 0.25) is 0 Å². The molecule has 0 saturated carbocycles. The third kappa shape index (κ3) is 2.72. The van der Waals surface area contributed by atoms with Crippen LogP contribution in [-0.4, -0.2) is 31.6 Å². The first kappa shape index (κ1) is 16.0. The summed E-state index contributed by atoms with van der Waals surface area (Å²) in [7, 11) is 0. The molecule has 0 fully saturated rings. The number of carboxylic acid groups (broad SMARTS) is 1. The molecule has 7 heteroatoms. The second-order valence-electron chi connectivity index (χ2n) is 5.35. The Morgan fingerprint density at radius 3 is 2.62 bits per heavy atom. The largest absolute Gasteiger partial charge is 0.508 e. The molecule has 0 saturated heterocycles. The highest BCUT2D eigenvalue weighted by atomic mass is 35.5. The second-order valence-corrected chi connectivity index (χ2v) is 5.73. The fraction of sp³-hybridized carbons (Fsp3) is 0.118. The summed E-state index contributed by atoms with van der Waals surface area (Å²) < 4.78 is 1.43. The van der Waals surface area contributed by atoms with E-state index in [2.05, 4.69) is 4.98 Å². The lowest BCUT2D eigenvalue weighted by molar-refractivity contribution is -0.136. The van der Waals surface area contributed by atoms with E-state index in [0.29, 0.717) is 27.7 Å². The molecule has 0 spiro atoms. The van der Waals surface area contributed by atoms with Crippen molar-refractivity contribution >= 4 is 34.4 Å². The van der Waals surface area contributed by atoms with Crippen LogP contribution >= 0.6 is 11.6 Å². The number of phenolic OH excluding ortho intramolecular Hbond substituents is 1. The molecular formula is C17H13ClN2O4. The summed E-state index contributed by atoms with van der Waals surface area (Å²) in [6.07, 6.45) is 1.12. The Hall–Kier alpha value is -2.86. The quantitative estimate of drug-likeness (QED) is 0.712. The summed E-state index contributed by atoms with van der Waals surface area (Å²) in [5, 5.41) is 19.7. The first-order valence-corrected chi connectivity index (χ1v) is 7.47. The number of rotatable bonds is 3. The van der Waals surface area contributed by atoms with E-state index in [4.69, 9.17) is 16.7 Å². The highest BCUT2D eigenvalue weighted by Gasteiger charge is 2.21. The van der Waals surface area contributed by atoms with Crippen molar-refractivity contribution in [3.8, 4) is 5.75 Å². The molecule has 0 aliphatic rings. The zero-order valence-corrected chi connectivity index (χ0v) is 13.4. The summed E-state index contributed by atoms with van der Waals surface area (Å²) in [6.45, 7) is 1.68. The van der Waals surface area contributed by atoms with Crippen LogP contribution in [0.2, 0.25) is 5.15 Å². The van der Waals surface area contributed by atoms with Gasteiger partial charge in [-0.15, -0.1) is 0 Å². The van der Waals surface area contributed by atoms with Crippen LogP contribution in [0.5, 0.6) is 5.75 Å². The monoisotopic (exact) mass is 344 g/mol. The van der Waals surface area contributed by atoms with E-state index in [9.17, 15) is 14.7 Å². The Morgan fingerprint density at radius 2 is 2.00 bits per heavy atom. The predicted octanol–water partition coefficient (Wildman–Crippen LogP) is 3.02. The van der Waals surface area contributed by atoms with Gasteiger partial charge >= 0.3 is 5.97 Å². The van der Waals surface area contributed by atoms with E-state index in [-0.39, 0.29) is 23.2 Å². The molecule has 122 valence electrons. The SMILES string of the molecule is Cc1c(CC(=O)O)c2cc(O)ccc2n1C(=O)c1ccc(Cl)nc1. The Morgan fingerprint density at radius 1 is 1.25 bits per heavy atom. The number of carbonyl (C=O) groups excluding carboxylic acids is 1. The molecule has 0 bridgehead atoms. The summed E-state index contributed by atoms with van der Waals surface area (Å²) >= 11 is 5.75. The van der Waals surface area contributed by atoms with E-state index in [0.717, 1.165) is 0 Å². The van der Waals surface area contributed by atoms with E-state index in [1.54, 1.807) is 19.1 Å². The molecule has 0 aliphatic carbocycles.